The second kappa shape index (κ2) is 6.37. The van der Waals surface area contributed by atoms with E-state index in [0.29, 0.717) is 13.0 Å². The molecule has 0 aromatic heterocycles. The maximum atomic E-state index is 11.7. The molecule has 1 fully saturated rings. The zero-order chi connectivity index (χ0) is 14.6. The van der Waals surface area contributed by atoms with Crippen molar-refractivity contribution < 1.29 is 13.2 Å². The molecule has 1 aromatic carbocycles. The molecule has 1 aliphatic rings. The minimum absolute atomic E-state index is 0.125. The summed E-state index contributed by atoms with van der Waals surface area (Å²) >= 11 is 0. The molecule has 1 saturated heterocycles. The van der Waals surface area contributed by atoms with E-state index in [2.05, 4.69) is 10.6 Å². The first-order valence-corrected chi connectivity index (χ1v) is 8.48. The van der Waals surface area contributed by atoms with Crippen molar-refractivity contribution in [1.29, 1.82) is 0 Å². The predicted octanol–water partition coefficient (Wildman–Crippen LogP) is 1.10. The van der Waals surface area contributed by atoms with Gasteiger partial charge in [0.25, 0.3) is 0 Å². The van der Waals surface area contributed by atoms with Crippen LogP contribution in [0, 0.1) is 6.92 Å². The van der Waals surface area contributed by atoms with Crippen LogP contribution in [0.1, 0.15) is 18.4 Å². The fourth-order valence-electron chi connectivity index (χ4n) is 2.36. The van der Waals surface area contributed by atoms with Gasteiger partial charge in [-0.1, -0.05) is 12.1 Å². The van der Waals surface area contributed by atoms with Crippen LogP contribution in [0.15, 0.2) is 24.3 Å². The molecule has 5 nitrogen and oxygen atoms in total. The number of anilines is 1. The summed E-state index contributed by atoms with van der Waals surface area (Å²) < 4.78 is 23.3. The van der Waals surface area contributed by atoms with Crippen LogP contribution in [-0.2, 0) is 14.6 Å². The topological polar surface area (TPSA) is 75.3 Å². The van der Waals surface area contributed by atoms with E-state index in [1.807, 2.05) is 31.2 Å². The largest absolute Gasteiger partial charge is 0.325 e. The number of nitrogens with one attached hydrogen (secondary N) is 2. The molecule has 1 amide bonds. The molecular weight excluding hydrogens is 276 g/mol. The van der Waals surface area contributed by atoms with E-state index in [4.69, 9.17) is 0 Å². The van der Waals surface area contributed by atoms with E-state index in [1.54, 1.807) is 0 Å². The average molecular weight is 296 g/mol. The van der Waals surface area contributed by atoms with Gasteiger partial charge in [0.05, 0.1) is 17.5 Å². The Morgan fingerprint density at radius 1 is 1.40 bits per heavy atom. The number of benzene rings is 1. The molecule has 2 N–H and O–H groups in total. The lowest BCUT2D eigenvalue weighted by Gasteiger charge is -2.11. The predicted molar refractivity (Wildman–Crippen MR) is 79.5 cm³/mol. The van der Waals surface area contributed by atoms with Gasteiger partial charge in [-0.2, -0.15) is 0 Å². The summed E-state index contributed by atoms with van der Waals surface area (Å²) in [5.41, 5.74) is 1.83. The van der Waals surface area contributed by atoms with Crippen molar-refractivity contribution >= 4 is 21.4 Å². The molecule has 0 radical (unpaired) electrons. The Morgan fingerprint density at radius 2 is 2.20 bits per heavy atom. The van der Waals surface area contributed by atoms with Crippen LogP contribution in [0.3, 0.4) is 0 Å². The fourth-order valence-corrected chi connectivity index (χ4v) is 4.16. The van der Waals surface area contributed by atoms with Crippen molar-refractivity contribution in [3.05, 3.63) is 29.8 Å². The molecule has 1 aliphatic heterocycles. The van der Waals surface area contributed by atoms with Gasteiger partial charge >= 0.3 is 0 Å². The standard InChI is InChI=1S/C14H20N2O3S/c1-11-4-2-5-12(8-11)16-14(17)10-15-9-13-6-3-7-20(13,18)19/h2,4-5,8,13,15H,3,6-7,9-10H2,1H3,(H,16,17). The molecule has 0 bridgehead atoms. The highest BCUT2D eigenvalue weighted by Gasteiger charge is 2.30. The van der Waals surface area contributed by atoms with Crippen molar-refractivity contribution in [1.82, 2.24) is 5.32 Å². The van der Waals surface area contributed by atoms with Gasteiger partial charge in [-0.05, 0) is 37.5 Å². The molecule has 1 atom stereocenters. The Balaban J connectivity index is 1.76. The van der Waals surface area contributed by atoms with E-state index in [9.17, 15) is 13.2 Å². The number of aryl methyl sites for hydroxylation is 1. The molecule has 1 heterocycles. The Bertz CT molecular complexity index is 584. The third-order valence-electron chi connectivity index (χ3n) is 3.42. The summed E-state index contributed by atoms with van der Waals surface area (Å²) in [5.74, 6) is 0.112. The second-order valence-corrected chi connectivity index (χ2v) is 7.58. The third-order valence-corrected chi connectivity index (χ3v) is 5.70. The molecule has 1 unspecified atom stereocenters. The zero-order valence-corrected chi connectivity index (χ0v) is 12.4. The van der Waals surface area contributed by atoms with Crippen LogP contribution in [0.2, 0.25) is 0 Å². The number of carbonyl (C=O) groups excluding carboxylic acids is 1. The van der Waals surface area contributed by atoms with E-state index in [0.717, 1.165) is 17.7 Å². The lowest BCUT2D eigenvalue weighted by Crippen LogP contribution is -2.35. The monoisotopic (exact) mass is 296 g/mol. The number of amides is 1. The van der Waals surface area contributed by atoms with Crippen LogP contribution < -0.4 is 10.6 Å². The van der Waals surface area contributed by atoms with Gasteiger partial charge in [0.2, 0.25) is 5.91 Å². The summed E-state index contributed by atoms with van der Waals surface area (Å²) in [4.78, 5) is 11.7. The lowest BCUT2D eigenvalue weighted by atomic mass is 10.2. The zero-order valence-electron chi connectivity index (χ0n) is 11.6. The van der Waals surface area contributed by atoms with Gasteiger partial charge < -0.3 is 10.6 Å². The van der Waals surface area contributed by atoms with Crippen molar-refractivity contribution in [3.63, 3.8) is 0 Å². The average Bonchev–Trinajstić information content (AvgIpc) is 2.69. The van der Waals surface area contributed by atoms with Crippen LogP contribution in [0.25, 0.3) is 0 Å². The van der Waals surface area contributed by atoms with Gasteiger partial charge in [-0.15, -0.1) is 0 Å². The number of hydrogen-bond acceptors (Lipinski definition) is 4. The SMILES string of the molecule is Cc1cccc(NC(=O)CNCC2CCCS2(=O)=O)c1. The Hall–Kier alpha value is -1.40. The van der Waals surface area contributed by atoms with Crippen LogP contribution in [0.5, 0.6) is 0 Å². The molecule has 110 valence electrons. The molecule has 0 aliphatic carbocycles. The fraction of sp³-hybridized carbons (Fsp3) is 0.500. The quantitative estimate of drug-likeness (QED) is 0.853. The lowest BCUT2D eigenvalue weighted by molar-refractivity contribution is -0.115. The van der Waals surface area contributed by atoms with Gasteiger partial charge in [-0.3, -0.25) is 4.79 Å². The van der Waals surface area contributed by atoms with Gasteiger partial charge in [0, 0.05) is 12.2 Å². The van der Waals surface area contributed by atoms with Crippen LogP contribution >= 0.6 is 0 Å². The van der Waals surface area contributed by atoms with Crippen molar-refractivity contribution in [2.24, 2.45) is 0 Å². The Kier molecular flexibility index (Phi) is 4.77. The number of sulfone groups is 1. The van der Waals surface area contributed by atoms with Crippen LogP contribution in [-0.4, -0.2) is 38.4 Å². The van der Waals surface area contributed by atoms with Gasteiger partial charge in [0.15, 0.2) is 9.84 Å². The summed E-state index contributed by atoms with van der Waals surface area (Å²) in [6.45, 7) is 2.43. The highest BCUT2D eigenvalue weighted by Crippen LogP contribution is 2.18. The first kappa shape index (κ1) is 15.0. The third kappa shape index (κ3) is 4.05. The van der Waals surface area contributed by atoms with Crippen LogP contribution in [0.4, 0.5) is 5.69 Å². The molecule has 0 saturated carbocycles. The van der Waals surface area contributed by atoms with Crippen molar-refractivity contribution in [3.8, 4) is 0 Å². The molecule has 2 rings (SSSR count). The second-order valence-electron chi connectivity index (χ2n) is 5.18. The summed E-state index contributed by atoms with van der Waals surface area (Å²) in [7, 11) is -2.94. The van der Waals surface area contributed by atoms with Gasteiger partial charge in [0.1, 0.15) is 0 Å². The minimum atomic E-state index is -2.94. The van der Waals surface area contributed by atoms with Crippen molar-refractivity contribution in [2.45, 2.75) is 25.0 Å². The molecule has 1 aromatic rings. The van der Waals surface area contributed by atoms with Gasteiger partial charge in [-0.25, -0.2) is 8.42 Å². The first-order chi connectivity index (χ1) is 9.47. The minimum Gasteiger partial charge on any atom is -0.325 e. The van der Waals surface area contributed by atoms with E-state index in [-0.39, 0.29) is 23.5 Å². The number of rotatable bonds is 5. The summed E-state index contributed by atoms with van der Waals surface area (Å²) in [6.07, 6.45) is 1.42. The highest BCUT2D eigenvalue weighted by atomic mass is 32.2. The Morgan fingerprint density at radius 3 is 2.85 bits per heavy atom. The molecule has 6 heteroatoms. The highest BCUT2D eigenvalue weighted by molar-refractivity contribution is 7.92. The normalized spacial score (nSPS) is 20.8. The first-order valence-electron chi connectivity index (χ1n) is 6.76. The summed E-state index contributed by atoms with van der Waals surface area (Å²) in [5, 5.41) is 5.37. The number of hydrogen-bond donors (Lipinski definition) is 2. The maximum Gasteiger partial charge on any atom is 0.238 e. The maximum absolute atomic E-state index is 11.7. The van der Waals surface area contributed by atoms with E-state index < -0.39 is 9.84 Å². The molecule has 20 heavy (non-hydrogen) atoms. The molecule has 0 spiro atoms. The van der Waals surface area contributed by atoms with E-state index in [1.165, 1.54) is 0 Å². The number of carbonyl (C=O) groups is 1. The summed E-state index contributed by atoms with van der Waals surface area (Å²) in [6, 6.07) is 7.55. The molecular formula is C14H20N2O3S. The Labute approximate surface area is 119 Å². The van der Waals surface area contributed by atoms with Crippen molar-refractivity contribution in [2.75, 3.05) is 24.2 Å². The smallest absolute Gasteiger partial charge is 0.238 e. The van der Waals surface area contributed by atoms with E-state index >= 15 is 0 Å².